The minimum atomic E-state index is -0.962. The number of anilines is 1. The van der Waals surface area contributed by atoms with Crippen molar-refractivity contribution >= 4 is 28.2 Å². The lowest BCUT2D eigenvalue weighted by molar-refractivity contribution is -0.130. The molecule has 0 radical (unpaired) electrons. The molecule has 92 valence electrons. The Morgan fingerprint density at radius 1 is 1.53 bits per heavy atom. The second-order valence-electron chi connectivity index (χ2n) is 4.45. The molecule has 4 nitrogen and oxygen atoms in total. The van der Waals surface area contributed by atoms with E-state index in [0.717, 1.165) is 25.7 Å². The lowest BCUT2D eigenvalue weighted by Gasteiger charge is -2.39. The van der Waals surface area contributed by atoms with Gasteiger partial charge >= 0.3 is 5.97 Å². The van der Waals surface area contributed by atoms with Crippen molar-refractivity contribution in [1.82, 2.24) is 0 Å². The maximum atomic E-state index is 12.1. The number of rotatable bonds is 4. The molecule has 0 unspecified atom stereocenters. The van der Waals surface area contributed by atoms with Crippen LogP contribution >= 0.6 is 11.3 Å². The molecule has 2 N–H and O–H groups in total. The highest BCUT2D eigenvalue weighted by atomic mass is 32.1. The summed E-state index contributed by atoms with van der Waals surface area (Å²) >= 11 is 1.25. The summed E-state index contributed by atoms with van der Waals surface area (Å²) in [6.07, 6.45) is 3.82. The van der Waals surface area contributed by atoms with Gasteiger partial charge in [-0.1, -0.05) is 13.3 Å². The summed E-state index contributed by atoms with van der Waals surface area (Å²) in [6.45, 7) is 2.02. The molecule has 1 aliphatic carbocycles. The summed E-state index contributed by atoms with van der Waals surface area (Å²) in [5.74, 6) is -0.930. The molecule has 1 aliphatic rings. The molecule has 1 aromatic heterocycles. The van der Waals surface area contributed by atoms with E-state index in [1.807, 2.05) is 6.92 Å². The molecule has 1 amide bonds. The van der Waals surface area contributed by atoms with Gasteiger partial charge in [0.05, 0.1) is 10.6 Å². The van der Waals surface area contributed by atoms with Crippen molar-refractivity contribution in [3.05, 3.63) is 17.0 Å². The molecule has 0 saturated heterocycles. The van der Waals surface area contributed by atoms with Crippen LogP contribution in [0.3, 0.4) is 0 Å². The van der Waals surface area contributed by atoms with E-state index in [1.165, 1.54) is 22.8 Å². The maximum absolute atomic E-state index is 12.1. The molecular formula is C12H15NO3S. The van der Waals surface area contributed by atoms with Gasteiger partial charge in [-0.15, -0.1) is 11.3 Å². The van der Waals surface area contributed by atoms with Crippen LogP contribution in [0.25, 0.3) is 0 Å². The van der Waals surface area contributed by atoms with Gasteiger partial charge in [0, 0.05) is 10.8 Å². The van der Waals surface area contributed by atoms with E-state index in [4.69, 9.17) is 5.11 Å². The molecule has 1 saturated carbocycles. The highest BCUT2D eigenvalue weighted by molar-refractivity contribution is 7.14. The first-order valence-electron chi connectivity index (χ1n) is 5.71. The van der Waals surface area contributed by atoms with Crippen LogP contribution in [0.1, 0.15) is 43.0 Å². The van der Waals surface area contributed by atoms with E-state index in [9.17, 15) is 9.59 Å². The van der Waals surface area contributed by atoms with E-state index >= 15 is 0 Å². The number of aromatic carboxylic acids is 1. The summed E-state index contributed by atoms with van der Waals surface area (Å²) in [5.41, 5.74) is 0.0114. The first-order valence-corrected chi connectivity index (χ1v) is 6.59. The van der Waals surface area contributed by atoms with Gasteiger partial charge in [-0.25, -0.2) is 4.79 Å². The van der Waals surface area contributed by atoms with E-state index < -0.39 is 5.97 Å². The molecule has 5 heteroatoms. The summed E-state index contributed by atoms with van der Waals surface area (Å²) in [5, 5.41) is 13.8. The fourth-order valence-electron chi connectivity index (χ4n) is 2.10. The largest absolute Gasteiger partial charge is 0.478 e. The third kappa shape index (κ3) is 2.20. The molecule has 0 spiro atoms. The fourth-order valence-corrected chi connectivity index (χ4v) is 2.87. The van der Waals surface area contributed by atoms with Crippen LogP contribution in [-0.4, -0.2) is 17.0 Å². The van der Waals surface area contributed by atoms with Crippen molar-refractivity contribution in [2.75, 3.05) is 5.32 Å². The lowest BCUT2D eigenvalue weighted by Crippen LogP contribution is -2.41. The highest BCUT2D eigenvalue weighted by Gasteiger charge is 2.42. The molecule has 1 heterocycles. The van der Waals surface area contributed by atoms with Crippen molar-refractivity contribution in [2.45, 2.75) is 32.6 Å². The van der Waals surface area contributed by atoms with Gasteiger partial charge in [-0.3, -0.25) is 4.79 Å². The lowest BCUT2D eigenvalue weighted by atomic mass is 9.66. The van der Waals surface area contributed by atoms with Gasteiger partial charge in [-0.05, 0) is 25.3 Å². The minimum absolute atomic E-state index is 0.0324. The van der Waals surface area contributed by atoms with E-state index in [1.54, 1.807) is 0 Å². The molecule has 0 aromatic carbocycles. The number of hydrogen-bond acceptors (Lipinski definition) is 3. The summed E-state index contributed by atoms with van der Waals surface area (Å²) in [6, 6.07) is 1.51. The van der Waals surface area contributed by atoms with Crippen molar-refractivity contribution in [3.8, 4) is 0 Å². The average Bonchev–Trinajstić information content (AvgIpc) is 2.65. The molecule has 2 rings (SSSR count). The number of thiophene rings is 1. The van der Waals surface area contributed by atoms with E-state index in [-0.39, 0.29) is 16.9 Å². The Kier molecular flexibility index (Phi) is 3.19. The van der Waals surface area contributed by atoms with Crippen LogP contribution in [0, 0.1) is 5.41 Å². The van der Waals surface area contributed by atoms with Crippen LogP contribution in [0.4, 0.5) is 5.00 Å². The highest BCUT2D eigenvalue weighted by Crippen LogP contribution is 2.44. The first-order chi connectivity index (χ1) is 8.07. The molecule has 0 aliphatic heterocycles. The quantitative estimate of drug-likeness (QED) is 0.867. The zero-order valence-corrected chi connectivity index (χ0v) is 10.5. The van der Waals surface area contributed by atoms with E-state index in [0.29, 0.717) is 5.00 Å². The van der Waals surface area contributed by atoms with Crippen molar-refractivity contribution < 1.29 is 14.7 Å². The van der Waals surface area contributed by atoms with Crippen molar-refractivity contribution in [2.24, 2.45) is 5.41 Å². The monoisotopic (exact) mass is 253 g/mol. The van der Waals surface area contributed by atoms with Crippen LogP contribution in [0.5, 0.6) is 0 Å². The molecule has 1 fully saturated rings. The van der Waals surface area contributed by atoms with Crippen molar-refractivity contribution in [3.63, 3.8) is 0 Å². The maximum Gasteiger partial charge on any atom is 0.336 e. The van der Waals surface area contributed by atoms with Crippen molar-refractivity contribution in [1.29, 1.82) is 0 Å². The zero-order chi connectivity index (χ0) is 12.5. The first kappa shape index (κ1) is 12.1. The van der Waals surface area contributed by atoms with Crippen LogP contribution in [-0.2, 0) is 4.79 Å². The number of carbonyl (C=O) groups is 2. The molecule has 0 bridgehead atoms. The van der Waals surface area contributed by atoms with Gasteiger partial charge in [0.1, 0.15) is 0 Å². The number of nitrogens with one attached hydrogen (secondary N) is 1. The Hall–Kier alpha value is -1.36. The topological polar surface area (TPSA) is 66.4 Å². The fraction of sp³-hybridized carbons (Fsp3) is 0.500. The predicted octanol–water partition coefficient (Wildman–Crippen LogP) is 2.97. The van der Waals surface area contributed by atoms with Gasteiger partial charge in [0.15, 0.2) is 0 Å². The third-order valence-corrected chi connectivity index (χ3v) is 4.40. The molecule has 1 aromatic rings. The number of carbonyl (C=O) groups excluding carboxylic acids is 1. The van der Waals surface area contributed by atoms with Crippen LogP contribution in [0.15, 0.2) is 11.4 Å². The van der Waals surface area contributed by atoms with Crippen LogP contribution < -0.4 is 5.32 Å². The zero-order valence-electron chi connectivity index (χ0n) is 9.66. The third-order valence-electron chi connectivity index (χ3n) is 3.55. The summed E-state index contributed by atoms with van der Waals surface area (Å²) < 4.78 is 0. The van der Waals surface area contributed by atoms with Crippen LogP contribution in [0.2, 0.25) is 0 Å². The normalized spacial score (nSPS) is 17.2. The minimum Gasteiger partial charge on any atom is -0.478 e. The van der Waals surface area contributed by atoms with E-state index in [2.05, 4.69) is 5.32 Å². The molecule has 0 atom stereocenters. The number of hydrogen-bond donors (Lipinski definition) is 2. The smallest absolute Gasteiger partial charge is 0.336 e. The number of carboxylic acids is 1. The number of amides is 1. The predicted molar refractivity (Wildman–Crippen MR) is 66.5 cm³/mol. The molecular weight excluding hydrogens is 238 g/mol. The standard InChI is InChI=1S/C12H15NO3S/c1-2-12(4-3-5-12)11(16)13-9-6-8(7-17-9)10(14)15/h6-7H,2-5H2,1H3,(H,13,16)(H,14,15). The second-order valence-corrected chi connectivity index (χ2v) is 5.36. The Labute approximate surface area is 104 Å². The molecule has 17 heavy (non-hydrogen) atoms. The Balaban J connectivity index is 2.05. The Bertz CT molecular complexity index is 443. The van der Waals surface area contributed by atoms with Gasteiger partial charge in [0.25, 0.3) is 0 Å². The van der Waals surface area contributed by atoms with Gasteiger partial charge in [0.2, 0.25) is 5.91 Å². The second kappa shape index (κ2) is 4.49. The van der Waals surface area contributed by atoms with Gasteiger partial charge in [-0.2, -0.15) is 0 Å². The Morgan fingerprint density at radius 2 is 2.24 bits per heavy atom. The Morgan fingerprint density at radius 3 is 2.65 bits per heavy atom. The SMILES string of the molecule is CCC1(C(=O)Nc2cc(C(=O)O)cs2)CCC1. The summed E-state index contributed by atoms with van der Waals surface area (Å²) in [7, 11) is 0. The van der Waals surface area contributed by atoms with Gasteiger partial charge < -0.3 is 10.4 Å². The summed E-state index contributed by atoms with van der Waals surface area (Å²) in [4.78, 5) is 22.8. The number of carboxylic acid groups (broad SMARTS) is 1. The average molecular weight is 253 g/mol.